The predicted molar refractivity (Wildman–Crippen MR) is 155 cm³/mol. The van der Waals surface area contributed by atoms with Crippen LogP contribution in [0, 0.1) is 11.7 Å². The first-order chi connectivity index (χ1) is 19.0. The molecule has 0 aliphatic carbocycles. The highest BCUT2D eigenvalue weighted by molar-refractivity contribution is 6.31. The largest absolute Gasteiger partial charge is 0.489 e. The molecule has 2 aromatic rings. The van der Waals surface area contributed by atoms with E-state index in [1.807, 2.05) is 41.3 Å². The summed E-state index contributed by atoms with van der Waals surface area (Å²) in [6.07, 6.45) is 9.01. The Morgan fingerprint density at radius 2 is 1.77 bits per heavy atom. The number of piperidine rings is 1. The van der Waals surface area contributed by atoms with Crippen LogP contribution in [0.1, 0.15) is 24.0 Å². The molecule has 2 heterocycles. The number of nitrogens with zero attached hydrogens (tertiary/aromatic N) is 3. The van der Waals surface area contributed by atoms with Crippen molar-refractivity contribution in [3.05, 3.63) is 101 Å². The lowest BCUT2D eigenvalue weighted by molar-refractivity contribution is -0.138. The molecule has 0 bridgehead atoms. The summed E-state index contributed by atoms with van der Waals surface area (Å²) in [7, 11) is 0. The number of hydrogen-bond acceptors (Lipinski definition) is 5. The Kier molecular flexibility index (Phi) is 10.6. The van der Waals surface area contributed by atoms with Crippen molar-refractivity contribution < 1.29 is 13.9 Å². The number of rotatable bonds is 10. The van der Waals surface area contributed by atoms with Crippen LogP contribution in [0.4, 0.5) is 4.39 Å². The Morgan fingerprint density at radius 1 is 1.05 bits per heavy atom. The highest BCUT2D eigenvalue weighted by Gasteiger charge is 2.30. The van der Waals surface area contributed by atoms with Crippen molar-refractivity contribution in [1.82, 2.24) is 14.7 Å². The summed E-state index contributed by atoms with van der Waals surface area (Å²) in [5.74, 6) is 0.711. The molecule has 0 spiro atoms. The van der Waals surface area contributed by atoms with Crippen molar-refractivity contribution in [1.29, 1.82) is 0 Å². The lowest BCUT2D eigenvalue weighted by Gasteiger charge is -2.38. The molecular weight excluding hydrogens is 515 g/mol. The number of halogens is 2. The number of benzene rings is 2. The second-order valence-electron chi connectivity index (χ2n) is 10.1. The van der Waals surface area contributed by atoms with Gasteiger partial charge in [0.15, 0.2) is 0 Å². The first-order valence-corrected chi connectivity index (χ1v) is 13.9. The first kappa shape index (κ1) is 28.9. The topological polar surface area (TPSA) is 62.0 Å². The summed E-state index contributed by atoms with van der Waals surface area (Å²) in [5, 5.41) is 0.362. The van der Waals surface area contributed by atoms with Crippen LogP contribution in [-0.2, 0) is 17.9 Å². The maximum absolute atomic E-state index is 14.0. The van der Waals surface area contributed by atoms with Crippen LogP contribution in [0.5, 0.6) is 5.75 Å². The van der Waals surface area contributed by atoms with E-state index in [1.54, 1.807) is 24.4 Å². The minimum atomic E-state index is -0.367. The van der Waals surface area contributed by atoms with E-state index >= 15 is 0 Å². The quantitative estimate of drug-likeness (QED) is 0.420. The molecule has 4 rings (SSSR count). The number of ether oxygens (including phenoxy) is 1. The van der Waals surface area contributed by atoms with Crippen LogP contribution in [0.3, 0.4) is 0 Å². The fourth-order valence-electron chi connectivity index (χ4n) is 5.19. The van der Waals surface area contributed by atoms with Crippen molar-refractivity contribution in [2.75, 3.05) is 45.8 Å². The van der Waals surface area contributed by atoms with E-state index in [2.05, 4.69) is 16.4 Å². The summed E-state index contributed by atoms with van der Waals surface area (Å²) in [5.41, 5.74) is 8.22. The molecule has 1 amide bonds. The third-order valence-corrected chi connectivity index (χ3v) is 7.80. The molecule has 0 unspecified atom stereocenters. The molecule has 208 valence electrons. The molecule has 0 atom stereocenters. The van der Waals surface area contributed by atoms with Crippen molar-refractivity contribution in [2.45, 2.75) is 26.0 Å². The minimum Gasteiger partial charge on any atom is -0.489 e. The molecule has 0 saturated carbocycles. The van der Waals surface area contributed by atoms with Crippen LogP contribution in [0.25, 0.3) is 0 Å². The fourth-order valence-corrected chi connectivity index (χ4v) is 5.41. The Balaban J connectivity index is 1.18. The van der Waals surface area contributed by atoms with Gasteiger partial charge in [-0.15, -0.1) is 0 Å². The zero-order valence-corrected chi connectivity index (χ0v) is 23.2. The SMILES string of the molecule is C=C/C=C(\C=C/N)CN1CCC(C(=O)N2CCN(Cc3ccc(OCc4c(F)cccc4Cl)cc3)CC2)CC1. The monoisotopic (exact) mass is 552 g/mol. The van der Waals surface area contributed by atoms with Gasteiger partial charge in [-0.3, -0.25) is 14.6 Å². The Labute approximate surface area is 236 Å². The second kappa shape index (κ2) is 14.3. The predicted octanol–water partition coefficient (Wildman–Crippen LogP) is 5.00. The number of nitrogens with two attached hydrogens (primary N) is 1. The standard InChI is InChI=1S/C31H38ClFN4O2/c1-2-4-24(11-14-34)21-35-15-12-26(13-16-35)31(38)37-19-17-36(18-20-37)22-25-7-9-27(10-8-25)39-23-28-29(32)5-3-6-30(28)33/h2-11,14,26H,1,12-13,15-23,34H2/b14-11-,24-4+. The van der Waals surface area contributed by atoms with Gasteiger partial charge in [0.05, 0.1) is 5.02 Å². The average molecular weight is 553 g/mol. The Morgan fingerprint density at radius 3 is 2.41 bits per heavy atom. The van der Waals surface area contributed by atoms with Crippen LogP contribution < -0.4 is 10.5 Å². The lowest BCUT2D eigenvalue weighted by Crippen LogP contribution is -2.51. The van der Waals surface area contributed by atoms with E-state index in [0.717, 1.165) is 70.8 Å². The zero-order chi connectivity index (χ0) is 27.6. The van der Waals surface area contributed by atoms with E-state index in [0.29, 0.717) is 22.2 Å². The zero-order valence-electron chi connectivity index (χ0n) is 22.4. The number of amides is 1. The molecule has 0 aromatic heterocycles. The van der Waals surface area contributed by atoms with Gasteiger partial charge in [0.1, 0.15) is 18.2 Å². The summed E-state index contributed by atoms with van der Waals surface area (Å²) in [6.45, 7) is 10.6. The molecule has 0 radical (unpaired) electrons. The van der Waals surface area contributed by atoms with Crippen molar-refractivity contribution >= 4 is 17.5 Å². The van der Waals surface area contributed by atoms with Gasteiger partial charge in [0, 0.05) is 50.7 Å². The van der Waals surface area contributed by atoms with Crippen molar-refractivity contribution in [3.63, 3.8) is 0 Å². The van der Waals surface area contributed by atoms with Crippen LogP contribution >= 0.6 is 11.6 Å². The molecular formula is C31H38ClFN4O2. The van der Waals surface area contributed by atoms with Gasteiger partial charge in [-0.1, -0.05) is 48.5 Å². The van der Waals surface area contributed by atoms with Crippen LogP contribution in [-0.4, -0.2) is 66.4 Å². The summed E-state index contributed by atoms with van der Waals surface area (Å²) < 4.78 is 19.7. The van der Waals surface area contributed by atoms with Crippen LogP contribution in [0.2, 0.25) is 5.02 Å². The van der Waals surface area contributed by atoms with Gasteiger partial charge in [-0.05, 0) is 73.6 Å². The Hall–Kier alpha value is -3.13. The third kappa shape index (κ3) is 8.18. The van der Waals surface area contributed by atoms with Gasteiger partial charge in [0.2, 0.25) is 5.91 Å². The third-order valence-electron chi connectivity index (χ3n) is 7.44. The highest BCUT2D eigenvalue weighted by atomic mass is 35.5. The molecule has 39 heavy (non-hydrogen) atoms. The normalized spacial score (nSPS) is 18.0. The molecule has 6 nitrogen and oxygen atoms in total. The number of likely N-dealkylation sites (tertiary alicyclic amines) is 1. The molecule has 2 fully saturated rings. The van der Waals surface area contributed by atoms with E-state index in [-0.39, 0.29) is 18.3 Å². The molecule has 2 aliphatic rings. The number of allylic oxidation sites excluding steroid dienone is 2. The number of carbonyl (C=O) groups is 1. The maximum Gasteiger partial charge on any atom is 0.225 e. The summed E-state index contributed by atoms with van der Waals surface area (Å²) in [4.78, 5) is 20.0. The van der Waals surface area contributed by atoms with Crippen LogP contribution in [0.15, 0.2) is 79.0 Å². The lowest BCUT2D eigenvalue weighted by atomic mass is 9.94. The minimum absolute atomic E-state index is 0.0822. The van der Waals surface area contributed by atoms with Gasteiger partial charge >= 0.3 is 0 Å². The van der Waals surface area contributed by atoms with E-state index in [9.17, 15) is 9.18 Å². The molecule has 2 saturated heterocycles. The van der Waals surface area contributed by atoms with E-state index in [4.69, 9.17) is 22.1 Å². The molecule has 2 aliphatic heterocycles. The number of carbonyl (C=O) groups excluding carboxylic acids is 1. The fraction of sp³-hybridized carbons (Fsp3) is 0.387. The average Bonchev–Trinajstić information content (AvgIpc) is 2.94. The highest BCUT2D eigenvalue weighted by Crippen LogP contribution is 2.24. The van der Waals surface area contributed by atoms with E-state index in [1.165, 1.54) is 11.6 Å². The van der Waals surface area contributed by atoms with Gasteiger partial charge in [-0.25, -0.2) is 4.39 Å². The summed E-state index contributed by atoms with van der Waals surface area (Å²) in [6, 6.07) is 12.5. The molecule has 8 heteroatoms. The maximum atomic E-state index is 14.0. The Bertz CT molecular complexity index is 1150. The van der Waals surface area contributed by atoms with E-state index < -0.39 is 0 Å². The van der Waals surface area contributed by atoms with Crippen molar-refractivity contribution in [2.24, 2.45) is 11.7 Å². The second-order valence-corrected chi connectivity index (χ2v) is 10.5. The first-order valence-electron chi connectivity index (χ1n) is 13.5. The van der Waals surface area contributed by atoms with Gasteiger partial charge < -0.3 is 15.4 Å². The molecule has 2 aromatic carbocycles. The molecule has 2 N–H and O–H groups in total. The van der Waals surface area contributed by atoms with Gasteiger partial charge in [0.25, 0.3) is 0 Å². The smallest absolute Gasteiger partial charge is 0.225 e. The van der Waals surface area contributed by atoms with Crippen molar-refractivity contribution in [3.8, 4) is 5.75 Å². The number of hydrogen-bond donors (Lipinski definition) is 1. The van der Waals surface area contributed by atoms with Gasteiger partial charge in [-0.2, -0.15) is 0 Å². The summed E-state index contributed by atoms with van der Waals surface area (Å²) >= 11 is 6.08. The number of piperazine rings is 1.